The Morgan fingerprint density at radius 2 is 2.21 bits per heavy atom. The summed E-state index contributed by atoms with van der Waals surface area (Å²) >= 11 is 0. The SMILES string of the molecule is CC(C)(CO)NC(=O)c1ccc(OCC(F)F)nc1. The highest BCUT2D eigenvalue weighted by atomic mass is 19.3. The van der Waals surface area contributed by atoms with Gasteiger partial charge < -0.3 is 15.2 Å². The van der Waals surface area contributed by atoms with E-state index >= 15 is 0 Å². The molecule has 106 valence electrons. The van der Waals surface area contributed by atoms with Gasteiger partial charge in [-0.05, 0) is 19.9 Å². The third kappa shape index (κ3) is 5.17. The average molecular weight is 274 g/mol. The summed E-state index contributed by atoms with van der Waals surface area (Å²) in [5.41, 5.74) is -0.493. The Labute approximate surface area is 109 Å². The normalized spacial score (nSPS) is 11.5. The second-order valence-electron chi connectivity index (χ2n) is 4.58. The number of aliphatic hydroxyl groups excluding tert-OH is 1. The molecule has 0 aromatic carbocycles. The number of nitrogens with zero attached hydrogens (tertiary/aromatic N) is 1. The molecule has 1 amide bonds. The molecule has 0 radical (unpaired) electrons. The van der Waals surface area contributed by atoms with E-state index in [0.29, 0.717) is 0 Å². The van der Waals surface area contributed by atoms with Crippen molar-refractivity contribution < 1.29 is 23.4 Å². The molecule has 0 saturated carbocycles. The van der Waals surface area contributed by atoms with Crippen LogP contribution in [0.5, 0.6) is 5.88 Å². The number of hydrogen-bond donors (Lipinski definition) is 2. The molecule has 0 atom stereocenters. The van der Waals surface area contributed by atoms with Gasteiger partial charge in [0, 0.05) is 12.3 Å². The van der Waals surface area contributed by atoms with Gasteiger partial charge in [-0.3, -0.25) is 4.79 Å². The van der Waals surface area contributed by atoms with Gasteiger partial charge >= 0.3 is 0 Å². The third-order valence-corrected chi connectivity index (χ3v) is 2.20. The maximum atomic E-state index is 11.9. The van der Waals surface area contributed by atoms with Crippen molar-refractivity contribution in [2.24, 2.45) is 0 Å². The molecule has 19 heavy (non-hydrogen) atoms. The van der Waals surface area contributed by atoms with E-state index < -0.39 is 24.5 Å². The fourth-order valence-corrected chi connectivity index (χ4v) is 1.17. The summed E-state index contributed by atoms with van der Waals surface area (Å²) < 4.78 is 28.5. The van der Waals surface area contributed by atoms with Crippen molar-refractivity contribution in [1.29, 1.82) is 0 Å². The molecule has 1 aromatic rings. The Hall–Kier alpha value is -1.76. The molecule has 0 spiro atoms. The van der Waals surface area contributed by atoms with Crippen LogP contribution in [0.4, 0.5) is 8.78 Å². The monoisotopic (exact) mass is 274 g/mol. The minimum atomic E-state index is -2.57. The lowest BCUT2D eigenvalue weighted by molar-refractivity contribution is 0.0793. The Bertz CT molecular complexity index is 421. The van der Waals surface area contributed by atoms with Crippen LogP contribution in [-0.4, -0.2) is 41.2 Å². The first-order valence-electron chi connectivity index (χ1n) is 5.64. The number of aliphatic hydroxyl groups is 1. The minimum Gasteiger partial charge on any atom is -0.472 e. The Morgan fingerprint density at radius 3 is 2.68 bits per heavy atom. The van der Waals surface area contributed by atoms with E-state index in [1.807, 2.05) is 0 Å². The molecule has 0 saturated heterocycles. The number of pyridine rings is 1. The number of rotatable bonds is 6. The van der Waals surface area contributed by atoms with Crippen molar-refractivity contribution in [3.63, 3.8) is 0 Å². The molecule has 0 bridgehead atoms. The Morgan fingerprint density at radius 1 is 1.53 bits per heavy atom. The smallest absolute Gasteiger partial charge is 0.272 e. The van der Waals surface area contributed by atoms with E-state index in [-0.39, 0.29) is 18.1 Å². The van der Waals surface area contributed by atoms with Crippen LogP contribution in [0.1, 0.15) is 24.2 Å². The molecule has 0 aliphatic rings. The molecule has 0 aliphatic heterocycles. The van der Waals surface area contributed by atoms with Crippen LogP contribution in [0.2, 0.25) is 0 Å². The second-order valence-corrected chi connectivity index (χ2v) is 4.58. The highest BCUT2D eigenvalue weighted by Gasteiger charge is 2.20. The molecule has 7 heteroatoms. The van der Waals surface area contributed by atoms with E-state index in [0.717, 1.165) is 0 Å². The fourth-order valence-electron chi connectivity index (χ4n) is 1.17. The molecule has 0 aliphatic carbocycles. The van der Waals surface area contributed by atoms with Crippen molar-refractivity contribution >= 4 is 5.91 Å². The summed E-state index contributed by atoms with van der Waals surface area (Å²) in [7, 11) is 0. The lowest BCUT2D eigenvalue weighted by Crippen LogP contribution is -2.46. The number of amides is 1. The van der Waals surface area contributed by atoms with Gasteiger partial charge in [0.05, 0.1) is 17.7 Å². The number of hydrogen-bond acceptors (Lipinski definition) is 4. The summed E-state index contributed by atoms with van der Waals surface area (Å²) in [6, 6.07) is 2.75. The maximum Gasteiger partial charge on any atom is 0.272 e. The number of aromatic nitrogens is 1. The summed E-state index contributed by atoms with van der Waals surface area (Å²) in [5, 5.41) is 11.6. The van der Waals surface area contributed by atoms with Crippen LogP contribution in [0.25, 0.3) is 0 Å². The van der Waals surface area contributed by atoms with E-state index in [1.54, 1.807) is 13.8 Å². The molecule has 0 unspecified atom stereocenters. The van der Waals surface area contributed by atoms with Crippen molar-refractivity contribution in [2.75, 3.05) is 13.2 Å². The van der Waals surface area contributed by atoms with Crippen LogP contribution >= 0.6 is 0 Å². The largest absolute Gasteiger partial charge is 0.472 e. The van der Waals surface area contributed by atoms with Crippen LogP contribution < -0.4 is 10.1 Å². The number of nitrogens with one attached hydrogen (secondary N) is 1. The summed E-state index contributed by atoms with van der Waals surface area (Å²) in [6.07, 6.45) is -1.35. The Balaban J connectivity index is 2.63. The van der Waals surface area contributed by atoms with Crippen molar-refractivity contribution in [3.05, 3.63) is 23.9 Å². The van der Waals surface area contributed by atoms with Crippen LogP contribution in [0.15, 0.2) is 18.3 Å². The molecule has 1 aromatic heterocycles. The molecule has 2 N–H and O–H groups in total. The van der Waals surface area contributed by atoms with Crippen LogP contribution in [-0.2, 0) is 0 Å². The number of alkyl halides is 2. The van der Waals surface area contributed by atoms with Gasteiger partial charge in [0.15, 0.2) is 6.61 Å². The summed E-state index contributed by atoms with van der Waals surface area (Å²) in [5.74, 6) is -0.384. The summed E-state index contributed by atoms with van der Waals surface area (Å²) in [6.45, 7) is 2.38. The van der Waals surface area contributed by atoms with Gasteiger partial charge in [-0.25, -0.2) is 13.8 Å². The molecule has 1 heterocycles. The number of ether oxygens (including phenoxy) is 1. The predicted molar refractivity (Wildman–Crippen MR) is 64.4 cm³/mol. The van der Waals surface area contributed by atoms with Gasteiger partial charge in [-0.2, -0.15) is 0 Å². The van der Waals surface area contributed by atoms with Gasteiger partial charge in [-0.1, -0.05) is 0 Å². The zero-order valence-corrected chi connectivity index (χ0v) is 10.7. The van der Waals surface area contributed by atoms with E-state index in [9.17, 15) is 13.6 Å². The quantitative estimate of drug-likeness (QED) is 0.818. The average Bonchev–Trinajstić information content (AvgIpc) is 2.36. The van der Waals surface area contributed by atoms with Crippen molar-refractivity contribution in [1.82, 2.24) is 10.3 Å². The number of carbonyl (C=O) groups excluding carboxylic acids is 1. The second kappa shape index (κ2) is 6.42. The number of carbonyl (C=O) groups is 1. The fraction of sp³-hybridized carbons (Fsp3) is 0.500. The van der Waals surface area contributed by atoms with Gasteiger partial charge in [0.2, 0.25) is 5.88 Å². The first-order valence-corrected chi connectivity index (χ1v) is 5.64. The highest BCUT2D eigenvalue weighted by Crippen LogP contribution is 2.10. The van der Waals surface area contributed by atoms with Crippen molar-refractivity contribution in [3.8, 4) is 5.88 Å². The molecule has 1 rings (SSSR count). The highest BCUT2D eigenvalue weighted by molar-refractivity contribution is 5.94. The van der Waals surface area contributed by atoms with Crippen LogP contribution in [0, 0.1) is 0 Å². The van der Waals surface area contributed by atoms with Crippen molar-refractivity contribution in [2.45, 2.75) is 25.8 Å². The predicted octanol–water partition coefficient (Wildman–Crippen LogP) is 1.23. The molecular formula is C12H16F2N2O3. The zero-order valence-electron chi connectivity index (χ0n) is 10.7. The lowest BCUT2D eigenvalue weighted by Gasteiger charge is -2.23. The van der Waals surface area contributed by atoms with E-state index in [1.165, 1.54) is 18.3 Å². The van der Waals surface area contributed by atoms with Gasteiger partial charge in [0.25, 0.3) is 12.3 Å². The van der Waals surface area contributed by atoms with Gasteiger partial charge in [-0.15, -0.1) is 0 Å². The van der Waals surface area contributed by atoms with Crippen LogP contribution in [0.3, 0.4) is 0 Å². The lowest BCUT2D eigenvalue weighted by atomic mass is 10.1. The Kier molecular flexibility index (Phi) is 5.17. The zero-order chi connectivity index (χ0) is 14.5. The standard InChI is InChI=1S/C12H16F2N2O3/c1-12(2,7-17)16-11(18)8-3-4-10(15-5-8)19-6-9(13)14/h3-5,9,17H,6-7H2,1-2H3,(H,16,18). The first kappa shape index (κ1) is 15.3. The van der Waals surface area contributed by atoms with Gasteiger partial charge in [0.1, 0.15) is 0 Å². The third-order valence-electron chi connectivity index (χ3n) is 2.20. The first-order chi connectivity index (χ1) is 8.84. The number of halogens is 2. The van der Waals surface area contributed by atoms with E-state index in [2.05, 4.69) is 10.3 Å². The molecule has 5 nitrogen and oxygen atoms in total. The minimum absolute atomic E-state index is 0.0262. The molecular weight excluding hydrogens is 258 g/mol. The maximum absolute atomic E-state index is 11.9. The van der Waals surface area contributed by atoms with E-state index in [4.69, 9.17) is 9.84 Å². The summed E-state index contributed by atoms with van der Waals surface area (Å²) in [4.78, 5) is 15.5. The topological polar surface area (TPSA) is 71.5 Å². The molecule has 0 fully saturated rings.